The molecule has 0 spiro atoms. The smallest absolute Gasteiger partial charge is 0.416 e. The summed E-state index contributed by atoms with van der Waals surface area (Å²) in [6.45, 7) is 0. The number of hydrogen-bond donors (Lipinski definition) is 1. The van der Waals surface area contributed by atoms with Gasteiger partial charge < -0.3 is 9.73 Å². The minimum absolute atomic E-state index is 0.0116. The fourth-order valence-electron chi connectivity index (χ4n) is 2.34. The van der Waals surface area contributed by atoms with Crippen molar-refractivity contribution in [3.05, 3.63) is 82.8 Å². The maximum atomic E-state index is 12.7. The van der Waals surface area contributed by atoms with Gasteiger partial charge in [-0.05, 0) is 54.6 Å². The van der Waals surface area contributed by atoms with Gasteiger partial charge >= 0.3 is 6.18 Å². The molecule has 0 aliphatic rings. The van der Waals surface area contributed by atoms with Crippen LogP contribution in [0.1, 0.15) is 21.9 Å². The molecule has 9 heteroatoms. The summed E-state index contributed by atoms with van der Waals surface area (Å²) < 4.78 is 55.9. The molecule has 0 saturated heterocycles. The molecular formula is C19H13ClF3NO3S. The van der Waals surface area contributed by atoms with Gasteiger partial charge in [-0.2, -0.15) is 13.2 Å². The number of halogens is 4. The first-order valence-electron chi connectivity index (χ1n) is 7.93. The van der Waals surface area contributed by atoms with E-state index >= 15 is 0 Å². The fraction of sp³-hybridized carbons (Fsp3) is 0.105. The Labute approximate surface area is 165 Å². The van der Waals surface area contributed by atoms with Crippen molar-refractivity contribution in [3.63, 3.8) is 0 Å². The average molecular weight is 428 g/mol. The molecule has 0 fully saturated rings. The molecule has 146 valence electrons. The molecule has 1 amide bonds. The van der Waals surface area contributed by atoms with Crippen LogP contribution in [0.5, 0.6) is 0 Å². The number of carbonyl (C=O) groups excluding carboxylic acids is 1. The van der Waals surface area contributed by atoms with E-state index in [-0.39, 0.29) is 17.2 Å². The van der Waals surface area contributed by atoms with Crippen LogP contribution in [0, 0.1) is 0 Å². The molecule has 1 aromatic heterocycles. The Hall–Kier alpha value is -2.58. The van der Waals surface area contributed by atoms with Gasteiger partial charge in [-0.3, -0.25) is 9.00 Å². The number of nitrogens with one attached hydrogen (secondary N) is 1. The van der Waals surface area contributed by atoms with E-state index in [2.05, 4.69) is 5.32 Å². The summed E-state index contributed by atoms with van der Waals surface area (Å²) in [6, 6.07) is 13.6. The minimum Gasteiger partial charge on any atom is -0.455 e. The first-order valence-corrected chi connectivity index (χ1v) is 9.63. The van der Waals surface area contributed by atoms with Crippen LogP contribution < -0.4 is 5.32 Å². The van der Waals surface area contributed by atoms with Crippen LogP contribution in [0.2, 0.25) is 5.02 Å². The fourth-order valence-corrected chi connectivity index (χ4v) is 3.49. The van der Waals surface area contributed by atoms with Gasteiger partial charge in [0.15, 0.2) is 5.76 Å². The number of furan rings is 1. The average Bonchev–Trinajstić information content (AvgIpc) is 3.10. The van der Waals surface area contributed by atoms with E-state index in [1.165, 1.54) is 24.3 Å². The van der Waals surface area contributed by atoms with Crippen LogP contribution in [-0.4, -0.2) is 10.1 Å². The lowest BCUT2D eigenvalue weighted by Gasteiger charge is -2.09. The highest BCUT2D eigenvalue weighted by Crippen LogP contribution is 2.30. The van der Waals surface area contributed by atoms with Gasteiger partial charge in [-0.1, -0.05) is 17.7 Å². The number of rotatable bonds is 5. The summed E-state index contributed by atoms with van der Waals surface area (Å²) in [6.07, 6.45) is -4.51. The first kappa shape index (κ1) is 20.2. The Balaban J connectivity index is 1.67. The van der Waals surface area contributed by atoms with Crippen molar-refractivity contribution in [3.8, 4) is 0 Å². The normalized spacial score (nSPS) is 12.6. The van der Waals surface area contributed by atoms with Crippen LogP contribution in [0.15, 0.2) is 70.0 Å². The van der Waals surface area contributed by atoms with Gasteiger partial charge in [0.25, 0.3) is 5.91 Å². The number of carbonyl (C=O) groups is 1. The van der Waals surface area contributed by atoms with Crippen LogP contribution in [0.25, 0.3) is 0 Å². The molecule has 1 atom stereocenters. The molecule has 2 aromatic carbocycles. The van der Waals surface area contributed by atoms with Crippen molar-refractivity contribution in [1.82, 2.24) is 0 Å². The van der Waals surface area contributed by atoms with E-state index in [4.69, 9.17) is 16.0 Å². The minimum atomic E-state index is -4.51. The molecular weight excluding hydrogens is 415 g/mol. The monoisotopic (exact) mass is 427 g/mol. The third kappa shape index (κ3) is 5.02. The Morgan fingerprint density at radius 2 is 1.79 bits per heavy atom. The maximum absolute atomic E-state index is 12.7. The zero-order valence-electron chi connectivity index (χ0n) is 14.1. The molecule has 0 saturated carbocycles. The molecule has 0 radical (unpaired) electrons. The van der Waals surface area contributed by atoms with Crippen LogP contribution in [0.4, 0.5) is 18.9 Å². The molecule has 0 aliphatic carbocycles. The Kier molecular flexibility index (Phi) is 5.90. The second-order valence-corrected chi connectivity index (χ2v) is 7.63. The van der Waals surface area contributed by atoms with Crippen molar-refractivity contribution in [2.24, 2.45) is 0 Å². The molecule has 3 aromatic rings. The number of anilines is 1. The lowest BCUT2D eigenvalue weighted by Crippen LogP contribution is -2.12. The van der Waals surface area contributed by atoms with E-state index in [1.807, 2.05) is 0 Å². The Morgan fingerprint density at radius 1 is 1.07 bits per heavy atom. The van der Waals surface area contributed by atoms with Crippen LogP contribution >= 0.6 is 11.6 Å². The van der Waals surface area contributed by atoms with Crippen molar-refractivity contribution >= 4 is 34.0 Å². The van der Waals surface area contributed by atoms with Gasteiger partial charge in [0.2, 0.25) is 0 Å². The molecule has 4 nitrogen and oxygen atoms in total. The van der Waals surface area contributed by atoms with Crippen molar-refractivity contribution < 1.29 is 26.6 Å². The highest BCUT2D eigenvalue weighted by atomic mass is 35.5. The second kappa shape index (κ2) is 8.20. The van der Waals surface area contributed by atoms with Gasteiger partial charge in [-0.25, -0.2) is 0 Å². The summed E-state index contributed by atoms with van der Waals surface area (Å²) in [5.41, 5.74) is -0.883. The predicted octanol–water partition coefficient (Wildman–Crippen LogP) is 5.51. The van der Waals surface area contributed by atoms with E-state index in [1.54, 1.807) is 24.3 Å². The lowest BCUT2D eigenvalue weighted by molar-refractivity contribution is -0.137. The third-order valence-electron chi connectivity index (χ3n) is 3.68. The van der Waals surface area contributed by atoms with E-state index in [0.29, 0.717) is 15.7 Å². The molecule has 1 N–H and O–H groups in total. The molecule has 0 unspecified atom stereocenters. The SMILES string of the molecule is O=C(Nc1cccc(C(F)(F)F)c1)c1ccc(C[S@](=O)c2ccc(Cl)cc2)o1. The molecule has 0 bridgehead atoms. The number of benzene rings is 2. The number of amides is 1. The predicted molar refractivity (Wildman–Crippen MR) is 99.7 cm³/mol. The van der Waals surface area contributed by atoms with Crippen LogP contribution in [0.3, 0.4) is 0 Å². The highest BCUT2D eigenvalue weighted by molar-refractivity contribution is 7.84. The van der Waals surface area contributed by atoms with Gasteiger partial charge in [0.1, 0.15) is 5.76 Å². The Bertz CT molecular complexity index is 1020. The van der Waals surface area contributed by atoms with Gasteiger partial charge in [0, 0.05) is 15.6 Å². The molecule has 0 aliphatic heterocycles. The van der Waals surface area contributed by atoms with Gasteiger partial charge in [-0.15, -0.1) is 0 Å². The maximum Gasteiger partial charge on any atom is 0.416 e. The lowest BCUT2D eigenvalue weighted by atomic mass is 10.2. The van der Waals surface area contributed by atoms with E-state index in [0.717, 1.165) is 12.1 Å². The Morgan fingerprint density at radius 3 is 2.46 bits per heavy atom. The largest absolute Gasteiger partial charge is 0.455 e. The number of alkyl halides is 3. The second-order valence-electron chi connectivity index (χ2n) is 5.74. The van der Waals surface area contributed by atoms with Crippen molar-refractivity contribution in [2.45, 2.75) is 16.8 Å². The summed E-state index contributed by atoms with van der Waals surface area (Å²) >= 11 is 5.79. The summed E-state index contributed by atoms with van der Waals surface area (Å²) in [7, 11) is -1.40. The van der Waals surface area contributed by atoms with Crippen LogP contribution in [-0.2, 0) is 22.7 Å². The summed E-state index contributed by atoms with van der Waals surface area (Å²) in [5.74, 6) is -0.454. The molecule has 28 heavy (non-hydrogen) atoms. The third-order valence-corrected chi connectivity index (χ3v) is 5.28. The molecule has 3 rings (SSSR count). The zero-order valence-corrected chi connectivity index (χ0v) is 15.7. The zero-order chi connectivity index (χ0) is 20.3. The van der Waals surface area contributed by atoms with Crippen molar-refractivity contribution in [1.29, 1.82) is 0 Å². The first-order chi connectivity index (χ1) is 13.2. The summed E-state index contributed by atoms with van der Waals surface area (Å²) in [4.78, 5) is 12.8. The standard InChI is InChI=1S/C19H13ClF3NO3S/c20-13-4-7-16(8-5-13)28(26)11-15-6-9-17(27-15)18(25)24-14-3-1-2-12(10-14)19(21,22)23/h1-10H,11H2,(H,24,25)/t28-/m0/s1. The van der Waals surface area contributed by atoms with E-state index in [9.17, 15) is 22.2 Å². The van der Waals surface area contributed by atoms with Gasteiger partial charge in [0.05, 0.1) is 22.1 Å². The molecule has 1 heterocycles. The van der Waals surface area contributed by atoms with Crippen molar-refractivity contribution in [2.75, 3.05) is 5.32 Å². The highest BCUT2D eigenvalue weighted by Gasteiger charge is 2.30. The summed E-state index contributed by atoms with van der Waals surface area (Å²) in [5, 5.41) is 2.87. The topological polar surface area (TPSA) is 59.3 Å². The van der Waals surface area contributed by atoms with E-state index < -0.39 is 28.4 Å². The number of hydrogen-bond acceptors (Lipinski definition) is 3. The quantitative estimate of drug-likeness (QED) is 0.584.